The molecule has 0 saturated carbocycles. The summed E-state index contributed by atoms with van der Waals surface area (Å²) in [5.74, 6) is 1.86. The molecule has 2 heterocycles. The van der Waals surface area contributed by atoms with Crippen molar-refractivity contribution in [2.45, 2.75) is 6.61 Å². The third-order valence-corrected chi connectivity index (χ3v) is 5.77. The average Bonchev–Trinajstić information content (AvgIpc) is 3.23. The normalized spacial score (nSPS) is 14.3. The Balaban J connectivity index is 0.00000218. The number of nitrogens with zero attached hydrogens (tertiary/aromatic N) is 2. The van der Waals surface area contributed by atoms with Gasteiger partial charge < -0.3 is 9.64 Å². The molecule has 152 valence electrons. The van der Waals surface area contributed by atoms with Gasteiger partial charge in [0, 0.05) is 27.7 Å². The number of ether oxygens (including phenoxy) is 1. The van der Waals surface area contributed by atoms with Gasteiger partial charge in [-0.05, 0) is 53.6 Å². The van der Waals surface area contributed by atoms with Gasteiger partial charge in [0.05, 0.1) is 12.2 Å². The second-order valence-electron chi connectivity index (χ2n) is 7.02. The first-order valence-corrected chi connectivity index (χ1v) is 10.2. The van der Waals surface area contributed by atoms with Crippen LogP contribution in [0, 0.1) is 0 Å². The molecule has 3 nitrogen and oxygen atoms in total. The van der Waals surface area contributed by atoms with Crippen LogP contribution in [0.3, 0.4) is 0 Å². The third-order valence-electron chi connectivity index (χ3n) is 5.19. The van der Waals surface area contributed by atoms with Gasteiger partial charge in [0.2, 0.25) is 0 Å². The maximum atomic E-state index is 6.23. The van der Waals surface area contributed by atoms with Gasteiger partial charge in [-0.25, -0.2) is 0 Å². The predicted octanol–water partition coefficient (Wildman–Crippen LogP) is 6.57. The lowest BCUT2D eigenvalue weighted by Crippen LogP contribution is -2.30. The zero-order chi connectivity index (χ0) is 19.8. The number of hydrogen-bond acceptors (Lipinski definition) is 3. The number of aliphatic imine (C=N–C) groups is 1. The van der Waals surface area contributed by atoms with Crippen LogP contribution in [0.25, 0.3) is 11.8 Å². The van der Waals surface area contributed by atoms with Crippen molar-refractivity contribution in [3.63, 3.8) is 0 Å². The topological polar surface area (TPSA) is 24.8 Å². The molecule has 5 rings (SSSR count). The Morgan fingerprint density at radius 1 is 0.967 bits per heavy atom. The monoisotopic (exact) mass is 456 g/mol. The van der Waals surface area contributed by atoms with Gasteiger partial charge in [0.15, 0.2) is 0 Å². The van der Waals surface area contributed by atoms with Crippen LogP contribution in [0.1, 0.15) is 22.3 Å². The fourth-order valence-corrected chi connectivity index (χ4v) is 4.19. The molecule has 0 N–H and O–H groups in total. The highest BCUT2D eigenvalue weighted by atomic mass is 35.5. The van der Waals surface area contributed by atoms with Gasteiger partial charge in [-0.1, -0.05) is 53.5 Å². The Hall–Kier alpha value is -2.46. The highest BCUT2D eigenvalue weighted by Gasteiger charge is 2.28. The Morgan fingerprint density at radius 2 is 1.77 bits per heavy atom. The molecule has 2 aliphatic rings. The largest absolute Gasteiger partial charge is 0.489 e. The number of benzene rings is 3. The summed E-state index contributed by atoms with van der Waals surface area (Å²) in [4.78, 5) is 7.02. The molecular weight excluding hydrogens is 439 g/mol. The van der Waals surface area contributed by atoms with Crippen molar-refractivity contribution >= 4 is 53.2 Å². The van der Waals surface area contributed by atoms with Crippen LogP contribution in [-0.2, 0) is 6.61 Å². The Morgan fingerprint density at radius 3 is 2.57 bits per heavy atom. The van der Waals surface area contributed by atoms with Crippen molar-refractivity contribution in [3.8, 4) is 5.75 Å². The standard InChI is InChI=1S/C24H18Cl2N2O.ClH/c25-19-8-5-18(22(26)14-19)15-29-20-9-6-16(7-10-20)23-13-17-3-1-2-4-21(17)24-27-11-12-28(23)24;/h1-10,13-14H,11-12,15H2;1H. The third kappa shape index (κ3) is 3.93. The number of rotatable bonds is 4. The van der Waals surface area contributed by atoms with E-state index in [0.717, 1.165) is 35.8 Å². The van der Waals surface area contributed by atoms with Gasteiger partial charge in [0.1, 0.15) is 18.2 Å². The van der Waals surface area contributed by atoms with Crippen LogP contribution in [0.15, 0.2) is 71.7 Å². The fraction of sp³-hybridized carbons (Fsp3) is 0.125. The van der Waals surface area contributed by atoms with Crippen molar-refractivity contribution in [1.29, 1.82) is 0 Å². The maximum Gasteiger partial charge on any atom is 0.136 e. The molecule has 0 spiro atoms. The predicted molar refractivity (Wildman–Crippen MR) is 127 cm³/mol. The molecule has 0 radical (unpaired) electrons. The summed E-state index contributed by atoms with van der Waals surface area (Å²) >= 11 is 12.2. The molecule has 3 aromatic carbocycles. The molecule has 0 aromatic heterocycles. The van der Waals surface area contributed by atoms with Crippen LogP contribution in [0.2, 0.25) is 10.0 Å². The van der Waals surface area contributed by atoms with E-state index in [2.05, 4.69) is 47.4 Å². The second kappa shape index (κ2) is 8.73. The van der Waals surface area contributed by atoms with Crippen LogP contribution < -0.4 is 4.74 Å². The van der Waals surface area contributed by atoms with E-state index in [0.29, 0.717) is 16.7 Å². The first-order valence-electron chi connectivity index (χ1n) is 9.49. The van der Waals surface area contributed by atoms with Crippen LogP contribution in [-0.4, -0.2) is 23.8 Å². The minimum absolute atomic E-state index is 0. The molecule has 0 saturated heterocycles. The number of amidine groups is 1. The van der Waals surface area contributed by atoms with Crippen molar-refractivity contribution in [2.75, 3.05) is 13.1 Å². The number of halogens is 3. The Bertz CT molecular complexity index is 1140. The summed E-state index contributed by atoms with van der Waals surface area (Å²) in [6.07, 6.45) is 2.24. The zero-order valence-corrected chi connectivity index (χ0v) is 18.3. The summed E-state index contributed by atoms with van der Waals surface area (Å²) in [6.45, 7) is 2.13. The SMILES string of the molecule is Cl.Clc1ccc(COc2ccc(C3=Cc4ccccc4C4=NCCN34)cc2)c(Cl)c1. The van der Waals surface area contributed by atoms with Gasteiger partial charge in [-0.2, -0.15) is 0 Å². The van der Waals surface area contributed by atoms with E-state index in [1.807, 2.05) is 24.3 Å². The molecule has 0 unspecified atom stereocenters. The van der Waals surface area contributed by atoms with Crippen molar-refractivity contribution in [3.05, 3.63) is 99.0 Å². The second-order valence-corrected chi connectivity index (χ2v) is 7.87. The highest BCUT2D eigenvalue weighted by Crippen LogP contribution is 2.34. The average molecular weight is 458 g/mol. The number of fused-ring (bicyclic) bond motifs is 3. The lowest BCUT2D eigenvalue weighted by atomic mass is 9.97. The van der Waals surface area contributed by atoms with E-state index in [4.69, 9.17) is 32.9 Å². The summed E-state index contributed by atoms with van der Waals surface area (Å²) in [5, 5.41) is 1.23. The molecule has 0 fully saturated rings. The van der Waals surface area contributed by atoms with Crippen molar-refractivity contribution in [2.24, 2.45) is 4.99 Å². The molecule has 0 amide bonds. The lowest BCUT2D eigenvalue weighted by molar-refractivity contribution is 0.306. The molecule has 3 aromatic rings. The van der Waals surface area contributed by atoms with E-state index in [9.17, 15) is 0 Å². The van der Waals surface area contributed by atoms with Gasteiger partial charge >= 0.3 is 0 Å². The highest BCUT2D eigenvalue weighted by molar-refractivity contribution is 6.35. The van der Waals surface area contributed by atoms with Crippen LogP contribution in [0.5, 0.6) is 5.75 Å². The van der Waals surface area contributed by atoms with Gasteiger partial charge in [0.25, 0.3) is 0 Å². The molecule has 0 atom stereocenters. The molecular formula is C24H19Cl3N2O. The smallest absolute Gasteiger partial charge is 0.136 e. The van der Waals surface area contributed by atoms with Gasteiger partial charge in [-0.3, -0.25) is 4.99 Å². The van der Waals surface area contributed by atoms with E-state index in [-0.39, 0.29) is 12.4 Å². The van der Waals surface area contributed by atoms with Gasteiger partial charge in [-0.15, -0.1) is 12.4 Å². The Labute approximate surface area is 192 Å². The number of hydrogen-bond donors (Lipinski definition) is 0. The zero-order valence-electron chi connectivity index (χ0n) is 16.0. The fourth-order valence-electron chi connectivity index (χ4n) is 3.72. The van der Waals surface area contributed by atoms with Crippen LogP contribution in [0.4, 0.5) is 0 Å². The quantitative estimate of drug-likeness (QED) is 0.443. The molecule has 6 heteroatoms. The van der Waals surface area contributed by atoms with E-state index in [1.165, 1.54) is 16.8 Å². The maximum absolute atomic E-state index is 6.23. The molecule has 0 aliphatic carbocycles. The van der Waals surface area contributed by atoms with Crippen molar-refractivity contribution in [1.82, 2.24) is 4.90 Å². The summed E-state index contributed by atoms with van der Waals surface area (Å²) in [5.41, 5.74) is 5.63. The van der Waals surface area contributed by atoms with E-state index >= 15 is 0 Å². The van der Waals surface area contributed by atoms with E-state index < -0.39 is 0 Å². The molecule has 2 aliphatic heterocycles. The molecule has 0 bridgehead atoms. The summed E-state index contributed by atoms with van der Waals surface area (Å²) in [6, 6.07) is 22.0. The summed E-state index contributed by atoms with van der Waals surface area (Å²) < 4.78 is 5.91. The lowest BCUT2D eigenvalue weighted by Gasteiger charge is -2.29. The summed E-state index contributed by atoms with van der Waals surface area (Å²) in [7, 11) is 0. The Kier molecular flexibility index (Phi) is 6.05. The first-order chi connectivity index (χ1) is 14.2. The van der Waals surface area contributed by atoms with E-state index in [1.54, 1.807) is 6.07 Å². The molecule has 30 heavy (non-hydrogen) atoms. The van der Waals surface area contributed by atoms with Crippen molar-refractivity contribution < 1.29 is 4.74 Å². The minimum Gasteiger partial charge on any atom is -0.489 e. The van der Waals surface area contributed by atoms with Crippen LogP contribution >= 0.6 is 35.6 Å². The minimum atomic E-state index is 0. The first kappa shape index (κ1) is 20.8.